The molecule has 3 rings (SSSR count). The molecule has 1 saturated heterocycles. The number of nitrogens with one attached hydrogen (secondary N) is 1. The number of hydrogen-bond acceptors (Lipinski definition) is 4. The Bertz CT molecular complexity index is 684. The van der Waals surface area contributed by atoms with Crippen LogP contribution in [0, 0.1) is 0 Å². The molecule has 0 radical (unpaired) electrons. The third-order valence-corrected chi connectivity index (χ3v) is 4.24. The zero-order chi connectivity index (χ0) is 12.8. The molecule has 1 aromatic carbocycles. The number of hydrogen-bond donors (Lipinski definition) is 1. The lowest BCUT2D eigenvalue weighted by atomic mass is 10.2. The van der Waals surface area contributed by atoms with Crippen molar-refractivity contribution in [1.82, 2.24) is 9.97 Å². The molecular formula is C12H14N2O3S. The highest BCUT2D eigenvalue weighted by Crippen LogP contribution is 2.28. The summed E-state index contributed by atoms with van der Waals surface area (Å²) in [5.41, 5.74) is 1.51. The first kappa shape index (κ1) is 11.7. The molecule has 0 amide bonds. The molecule has 1 aromatic heterocycles. The van der Waals surface area contributed by atoms with Crippen molar-refractivity contribution in [1.29, 1.82) is 0 Å². The van der Waals surface area contributed by atoms with Gasteiger partial charge in [0.05, 0.1) is 15.9 Å². The van der Waals surface area contributed by atoms with Gasteiger partial charge in [0, 0.05) is 12.9 Å². The Hall–Kier alpha value is -1.40. The van der Waals surface area contributed by atoms with Crippen LogP contribution in [0.4, 0.5) is 0 Å². The van der Waals surface area contributed by atoms with E-state index in [1.54, 1.807) is 18.2 Å². The molecule has 1 aliphatic rings. The topological polar surface area (TPSA) is 72.1 Å². The minimum absolute atomic E-state index is 0.0130. The summed E-state index contributed by atoms with van der Waals surface area (Å²) >= 11 is 0. The second kappa shape index (κ2) is 4.07. The van der Waals surface area contributed by atoms with E-state index >= 15 is 0 Å². The average Bonchev–Trinajstić information content (AvgIpc) is 2.95. The molecule has 1 unspecified atom stereocenters. The van der Waals surface area contributed by atoms with E-state index in [4.69, 9.17) is 4.74 Å². The van der Waals surface area contributed by atoms with E-state index < -0.39 is 9.84 Å². The summed E-state index contributed by atoms with van der Waals surface area (Å²) in [6, 6.07) is 4.93. The maximum Gasteiger partial charge on any atom is 0.175 e. The number of nitrogens with zero attached hydrogens (tertiary/aromatic N) is 1. The van der Waals surface area contributed by atoms with Crippen LogP contribution in [0.25, 0.3) is 11.0 Å². The Morgan fingerprint density at radius 3 is 2.94 bits per heavy atom. The first-order valence-corrected chi connectivity index (χ1v) is 7.74. The molecule has 1 atom stereocenters. The van der Waals surface area contributed by atoms with E-state index in [-0.39, 0.29) is 6.10 Å². The van der Waals surface area contributed by atoms with Crippen molar-refractivity contribution in [3.8, 4) is 0 Å². The number of ether oxygens (including phenoxy) is 1. The number of imidazole rings is 1. The lowest BCUT2D eigenvalue weighted by Gasteiger charge is -2.03. The lowest BCUT2D eigenvalue weighted by Crippen LogP contribution is -1.97. The van der Waals surface area contributed by atoms with Crippen molar-refractivity contribution in [3.05, 3.63) is 24.0 Å². The Morgan fingerprint density at radius 2 is 2.28 bits per heavy atom. The second-order valence-electron chi connectivity index (χ2n) is 4.57. The van der Waals surface area contributed by atoms with Crippen LogP contribution in [0.2, 0.25) is 0 Å². The summed E-state index contributed by atoms with van der Waals surface area (Å²) in [4.78, 5) is 7.90. The smallest absolute Gasteiger partial charge is 0.175 e. The minimum Gasteiger partial charge on any atom is -0.370 e. The molecule has 1 fully saturated rings. The van der Waals surface area contributed by atoms with E-state index in [9.17, 15) is 8.42 Å². The van der Waals surface area contributed by atoms with E-state index in [1.807, 2.05) is 0 Å². The van der Waals surface area contributed by atoms with Crippen molar-refractivity contribution in [3.63, 3.8) is 0 Å². The average molecular weight is 266 g/mol. The molecule has 2 heterocycles. The van der Waals surface area contributed by atoms with Crippen LogP contribution in [-0.4, -0.2) is 31.2 Å². The summed E-state index contributed by atoms with van der Waals surface area (Å²) in [6.07, 6.45) is 3.21. The third-order valence-electron chi connectivity index (χ3n) is 3.13. The standard InChI is InChI=1S/C12H14N2O3S/c1-18(15,16)8-4-5-9-10(7-8)14-12(13-9)11-3-2-6-17-11/h4-5,7,11H,2-3,6H2,1H3,(H,13,14). The number of rotatable bonds is 2. The Morgan fingerprint density at radius 1 is 1.44 bits per heavy atom. The fourth-order valence-corrected chi connectivity index (χ4v) is 2.83. The number of H-pyrrole nitrogens is 1. The molecule has 0 spiro atoms. The summed E-state index contributed by atoms with van der Waals surface area (Å²) in [5, 5.41) is 0. The van der Waals surface area contributed by atoms with Crippen molar-refractivity contribution >= 4 is 20.9 Å². The van der Waals surface area contributed by atoms with Crippen LogP contribution in [0.15, 0.2) is 23.1 Å². The van der Waals surface area contributed by atoms with Crippen molar-refractivity contribution < 1.29 is 13.2 Å². The molecule has 0 bridgehead atoms. The fourth-order valence-electron chi connectivity index (χ4n) is 2.18. The zero-order valence-electron chi connectivity index (χ0n) is 10.0. The van der Waals surface area contributed by atoms with Gasteiger partial charge in [-0.15, -0.1) is 0 Å². The molecule has 0 saturated carbocycles. The minimum atomic E-state index is -3.18. The van der Waals surface area contributed by atoms with Gasteiger partial charge in [-0.25, -0.2) is 13.4 Å². The van der Waals surface area contributed by atoms with Crippen LogP contribution in [0.5, 0.6) is 0 Å². The van der Waals surface area contributed by atoms with Gasteiger partial charge in [0.25, 0.3) is 0 Å². The van der Waals surface area contributed by atoms with Crippen LogP contribution >= 0.6 is 0 Å². The number of fused-ring (bicyclic) bond motifs is 1. The molecule has 6 heteroatoms. The molecule has 1 aliphatic heterocycles. The van der Waals surface area contributed by atoms with Crippen LogP contribution in [0.3, 0.4) is 0 Å². The number of aromatic nitrogens is 2. The summed E-state index contributed by atoms with van der Waals surface area (Å²) in [6.45, 7) is 0.760. The van der Waals surface area contributed by atoms with Gasteiger partial charge in [-0.1, -0.05) is 0 Å². The first-order valence-electron chi connectivity index (χ1n) is 5.85. The summed E-state index contributed by atoms with van der Waals surface area (Å²) in [7, 11) is -3.18. The van der Waals surface area contributed by atoms with Crippen LogP contribution < -0.4 is 0 Å². The highest BCUT2D eigenvalue weighted by Gasteiger charge is 2.21. The highest BCUT2D eigenvalue weighted by atomic mass is 32.2. The number of benzene rings is 1. The van der Waals surface area contributed by atoms with Crippen molar-refractivity contribution in [2.75, 3.05) is 12.9 Å². The zero-order valence-corrected chi connectivity index (χ0v) is 10.8. The van der Waals surface area contributed by atoms with Gasteiger partial charge in [0.1, 0.15) is 11.9 Å². The molecule has 2 aromatic rings. The SMILES string of the molecule is CS(=O)(=O)c1ccc2nc(C3CCCO3)[nH]c2c1. The number of sulfone groups is 1. The van der Waals surface area contributed by atoms with Gasteiger partial charge in [0.15, 0.2) is 9.84 Å². The van der Waals surface area contributed by atoms with E-state index in [0.717, 1.165) is 36.3 Å². The Labute approximate surface area is 105 Å². The molecule has 5 nitrogen and oxygen atoms in total. The van der Waals surface area contributed by atoms with E-state index in [1.165, 1.54) is 6.26 Å². The molecule has 96 valence electrons. The van der Waals surface area contributed by atoms with Crippen LogP contribution in [-0.2, 0) is 14.6 Å². The summed E-state index contributed by atoms with van der Waals surface area (Å²) < 4.78 is 28.5. The van der Waals surface area contributed by atoms with Crippen LogP contribution in [0.1, 0.15) is 24.8 Å². The van der Waals surface area contributed by atoms with Gasteiger partial charge in [-0.05, 0) is 31.0 Å². The van der Waals surface area contributed by atoms with Gasteiger partial charge < -0.3 is 9.72 Å². The maximum atomic E-state index is 11.5. The largest absolute Gasteiger partial charge is 0.370 e. The Balaban J connectivity index is 2.06. The van der Waals surface area contributed by atoms with Gasteiger partial charge in [-0.3, -0.25) is 0 Å². The van der Waals surface area contributed by atoms with Gasteiger partial charge in [0.2, 0.25) is 0 Å². The Kier molecular flexibility index (Phi) is 2.64. The quantitative estimate of drug-likeness (QED) is 0.900. The second-order valence-corrected chi connectivity index (χ2v) is 6.59. The third kappa shape index (κ3) is 2.02. The van der Waals surface area contributed by atoms with E-state index in [2.05, 4.69) is 9.97 Å². The molecular weight excluding hydrogens is 252 g/mol. The van der Waals surface area contributed by atoms with Gasteiger partial charge >= 0.3 is 0 Å². The van der Waals surface area contributed by atoms with E-state index in [0.29, 0.717) is 4.90 Å². The molecule has 18 heavy (non-hydrogen) atoms. The monoisotopic (exact) mass is 266 g/mol. The van der Waals surface area contributed by atoms with Gasteiger partial charge in [-0.2, -0.15) is 0 Å². The van der Waals surface area contributed by atoms with Crippen molar-refractivity contribution in [2.24, 2.45) is 0 Å². The molecule has 0 aliphatic carbocycles. The predicted octanol–water partition coefficient (Wildman–Crippen LogP) is 1.82. The summed E-state index contributed by atoms with van der Waals surface area (Å²) in [5.74, 6) is 0.785. The normalized spacial score (nSPS) is 20.6. The maximum absolute atomic E-state index is 11.5. The number of aromatic amines is 1. The lowest BCUT2D eigenvalue weighted by molar-refractivity contribution is 0.106. The first-order chi connectivity index (χ1) is 8.54. The molecule has 1 N–H and O–H groups in total. The fraction of sp³-hybridized carbons (Fsp3) is 0.417. The highest BCUT2D eigenvalue weighted by molar-refractivity contribution is 7.90. The predicted molar refractivity (Wildman–Crippen MR) is 67.1 cm³/mol. The van der Waals surface area contributed by atoms with Crippen molar-refractivity contribution in [2.45, 2.75) is 23.8 Å².